The quantitative estimate of drug-likeness (QED) is 0.376. The summed E-state index contributed by atoms with van der Waals surface area (Å²) in [4.78, 5) is 24.5. The third kappa shape index (κ3) is 6.20. The van der Waals surface area contributed by atoms with E-state index in [1.165, 1.54) is 13.2 Å². The summed E-state index contributed by atoms with van der Waals surface area (Å²) in [5.41, 5.74) is 3.84. The Labute approximate surface area is 182 Å². The first-order valence-corrected chi connectivity index (χ1v) is 9.69. The normalized spacial score (nSPS) is 11.0. The number of nitriles is 1. The summed E-state index contributed by atoms with van der Waals surface area (Å²) in [7, 11) is 3.13. The Morgan fingerprint density at radius 2 is 1.94 bits per heavy atom. The van der Waals surface area contributed by atoms with Gasteiger partial charge in [0, 0.05) is 25.0 Å². The molecule has 0 saturated carbocycles. The molecule has 164 valence electrons. The van der Waals surface area contributed by atoms with Crippen LogP contribution in [0.3, 0.4) is 0 Å². The van der Waals surface area contributed by atoms with Gasteiger partial charge in [0.15, 0.2) is 6.61 Å². The van der Waals surface area contributed by atoms with Crippen LogP contribution in [0.25, 0.3) is 6.08 Å². The first kappa shape index (κ1) is 23.7. The van der Waals surface area contributed by atoms with E-state index >= 15 is 0 Å². The summed E-state index contributed by atoms with van der Waals surface area (Å²) in [6.07, 6.45) is 1.47. The molecule has 8 heteroatoms. The summed E-state index contributed by atoms with van der Waals surface area (Å²) >= 11 is 0. The molecule has 0 fully saturated rings. The number of methoxy groups -OCH3 is 2. The third-order valence-corrected chi connectivity index (χ3v) is 4.74. The van der Waals surface area contributed by atoms with Crippen molar-refractivity contribution in [3.63, 3.8) is 0 Å². The molecule has 0 atom stereocenters. The predicted octanol–water partition coefficient (Wildman–Crippen LogP) is 3.16. The van der Waals surface area contributed by atoms with Gasteiger partial charge in [-0.05, 0) is 56.2 Å². The molecule has 0 spiro atoms. The number of nitrogens with one attached hydrogen (secondary N) is 1. The van der Waals surface area contributed by atoms with Crippen LogP contribution in [0.4, 0.5) is 5.69 Å². The average Bonchev–Trinajstić information content (AvgIpc) is 3.01. The molecule has 0 unspecified atom stereocenters. The van der Waals surface area contributed by atoms with Crippen molar-refractivity contribution in [2.45, 2.75) is 27.3 Å². The van der Waals surface area contributed by atoms with Gasteiger partial charge >= 0.3 is 5.97 Å². The van der Waals surface area contributed by atoms with E-state index < -0.39 is 18.5 Å². The van der Waals surface area contributed by atoms with Crippen molar-refractivity contribution in [1.82, 2.24) is 4.57 Å². The second-order valence-corrected chi connectivity index (χ2v) is 6.97. The van der Waals surface area contributed by atoms with Gasteiger partial charge in [0.25, 0.3) is 5.91 Å². The van der Waals surface area contributed by atoms with E-state index in [1.54, 1.807) is 19.2 Å². The highest BCUT2D eigenvalue weighted by atomic mass is 16.5. The lowest BCUT2D eigenvalue weighted by molar-refractivity contribution is -0.142. The van der Waals surface area contributed by atoms with E-state index in [0.717, 1.165) is 22.5 Å². The van der Waals surface area contributed by atoms with E-state index in [0.29, 0.717) is 24.6 Å². The van der Waals surface area contributed by atoms with E-state index in [1.807, 2.05) is 43.5 Å². The molecule has 2 rings (SSSR count). The fourth-order valence-corrected chi connectivity index (χ4v) is 3.11. The Balaban J connectivity index is 2.06. The molecule has 0 aliphatic rings. The summed E-state index contributed by atoms with van der Waals surface area (Å²) < 4.78 is 17.4. The van der Waals surface area contributed by atoms with Crippen LogP contribution in [-0.4, -0.2) is 43.9 Å². The number of carbonyl (C=O) groups excluding carboxylic acids is 2. The van der Waals surface area contributed by atoms with Crippen molar-refractivity contribution < 1.29 is 23.8 Å². The summed E-state index contributed by atoms with van der Waals surface area (Å²) in [5, 5.41) is 12.0. The van der Waals surface area contributed by atoms with Crippen molar-refractivity contribution in [2.24, 2.45) is 0 Å². The second kappa shape index (κ2) is 11.0. The number of hydrogen-bond donors (Lipinski definition) is 1. The van der Waals surface area contributed by atoms with Crippen LogP contribution in [0.1, 0.15) is 22.5 Å². The topological polar surface area (TPSA) is 103 Å². The zero-order valence-corrected chi connectivity index (χ0v) is 18.4. The fourth-order valence-electron chi connectivity index (χ4n) is 3.11. The lowest BCUT2D eigenvalue weighted by Crippen LogP contribution is -2.21. The van der Waals surface area contributed by atoms with Crippen molar-refractivity contribution in [2.75, 3.05) is 32.8 Å². The SMILES string of the molecule is COCCn1c(C)cc(/C=C(\C#N)C(=O)OCC(=O)Nc2cc(C)ccc2OC)c1C. The minimum Gasteiger partial charge on any atom is -0.495 e. The molecule has 1 aromatic carbocycles. The van der Waals surface area contributed by atoms with Gasteiger partial charge in [0.1, 0.15) is 17.4 Å². The van der Waals surface area contributed by atoms with E-state index in [2.05, 4.69) is 5.32 Å². The highest BCUT2D eigenvalue weighted by Crippen LogP contribution is 2.25. The van der Waals surface area contributed by atoms with Crippen molar-refractivity contribution >= 4 is 23.6 Å². The fraction of sp³-hybridized carbons (Fsp3) is 0.348. The van der Waals surface area contributed by atoms with Gasteiger partial charge in [0.05, 0.1) is 19.4 Å². The van der Waals surface area contributed by atoms with E-state index in [-0.39, 0.29) is 5.57 Å². The molecule has 1 heterocycles. The lowest BCUT2D eigenvalue weighted by Gasteiger charge is -2.11. The maximum absolute atomic E-state index is 12.3. The largest absolute Gasteiger partial charge is 0.495 e. The molecule has 0 aliphatic carbocycles. The molecule has 0 aliphatic heterocycles. The number of benzene rings is 1. The first-order valence-electron chi connectivity index (χ1n) is 9.69. The van der Waals surface area contributed by atoms with Crippen LogP contribution in [0.5, 0.6) is 5.75 Å². The zero-order chi connectivity index (χ0) is 23.0. The van der Waals surface area contributed by atoms with Crippen LogP contribution in [0.2, 0.25) is 0 Å². The maximum Gasteiger partial charge on any atom is 0.349 e. The predicted molar refractivity (Wildman–Crippen MR) is 117 cm³/mol. The van der Waals surface area contributed by atoms with Crippen LogP contribution in [0.15, 0.2) is 29.8 Å². The Bertz CT molecular complexity index is 1030. The number of hydrogen-bond acceptors (Lipinski definition) is 6. The number of aromatic nitrogens is 1. The van der Waals surface area contributed by atoms with Gasteiger partial charge in [-0.2, -0.15) is 5.26 Å². The molecular weight excluding hydrogens is 398 g/mol. The number of anilines is 1. The Kier molecular flexibility index (Phi) is 8.41. The molecular formula is C23H27N3O5. The van der Waals surface area contributed by atoms with Gasteiger partial charge < -0.3 is 24.1 Å². The number of ether oxygens (including phenoxy) is 3. The molecule has 8 nitrogen and oxygen atoms in total. The Morgan fingerprint density at radius 3 is 2.58 bits per heavy atom. The third-order valence-electron chi connectivity index (χ3n) is 4.74. The van der Waals surface area contributed by atoms with E-state index in [9.17, 15) is 14.9 Å². The standard InChI is InChI=1S/C23H27N3O5/c1-15-6-7-21(30-5)20(10-15)25-22(27)14-31-23(28)19(13-24)12-18-11-16(2)26(17(18)3)8-9-29-4/h6-7,10-12H,8-9,14H2,1-5H3,(H,25,27)/b19-12+. The van der Waals surface area contributed by atoms with Crippen LogP contribution >= 0.6 is 0 Å². The van der Waals surface area contributed by atoms with Crippen LogP contribution in [0, 0.1) is 32.1 Å². The number of aryl methyl sites for hydroxylation is 2. The lowest BCUT2D eigenvalue weighted by atomic mass is 10.1. The van der Waals surface area contributed by atoms with Gasteiger partial charge in [-0.3, -0.25) is 4.79 Å². The molecule has 2 aromatic rings. The number of amides is 1. The number of nitrogens with zero attached hydrogens (tertiary/aromatic N) is 2. The average molecular weight is 425 g/mol. The molecule has 0 bridgehead atoms. The Hall–Kier alpha value is -3.57. The minimum atomic E-state index is -0.865. The highest BCUT2D eigenvalue weighted by molar-refractivity contribution is 6.00. The molecule has 0 radical (unpaired) electrons. The molecule has 1 N–H and O–H groups in total. The summed E-state index contributed by atoms with van der Waals surface area (Å²) in [6.45, 7) is 6.41. The van der Waals surface area contributed by atoms with Crippen molar-refractivity contribution in [1.29, 1.82) is 5.26 Å². The summed E-state index contributed by atoms with van der Waals surface area (Å²) in [5.74, 6) is -0.908. The van der Waals surface area contributed by atoms with Gasteiger partial charge in [-0.25, -0.2) is 4.79 Å². The maximum atomic E-state index is 12.3. The molecule has 1 amide bonds. The van der Waals surface area contributed by atoms with Gasteiger partial charge in [-0.1, -0.05) is 6.07 Å². The molecule has 0 saturated heterocycles. The number of rotatable bonds is 9. The Morgan fingerprint density at radius 1 is 1.19 bits per heavy atom. The van der Waals surface area contributed by atoms with Gasteiger partial charge in [-0.15, -0.1) is 0 Å². The molecule has 1 aromatic heterocycles. The number of esters is 1. The molecule has 31 heavy (non-hydrogen) atoms. The van der Waals surface area contributed by atoms with E-state index in [4.69, 9.17) is 14.2 Å². The zero-order valence-electron chi connectivity index (χ0n) is 18.4. The van der Waals surface area contributed by atoms with Crippen molar-refractivity contribution in [3.05, 3.63) is 52.4 Å². The van der Waals surface area contributed by atoms with Crippen LogP contribution < -0.4 is 10.1 Å². The minimum absolute atomic E-state index is 0.187. The highest BCUT2D eigenvalue weighted by Gasteiger charge is 2.16. The van der Waals surface area contributed by atoms with Gasteiger partial charge in [0.2, 0.25) is 0 Å². The number of carbonyl (C=O) groups is 2. The first-order chi connectivity index (χ1) is 14.8. The smallest absolute Gasteiger partial charge is 0.349 e. The monoisotopic (exact) mass is 425 g/mol. The van der Waals surface area contributed by atoms with Crippen LogP contribution in [-0.2, 0) is 25.6 Å². The van der Waals surface area contributed by atoms with Crippen molar-refractivity contribution in [3.8, 4) is 11.8 Å². The summed E-state index contributed by atoms with van der Waals surface area (Å²) in [6, 6.07) is 9.06. The second-order valence-electron chi connectivity index (χ2n) is 6.97.